The molecule has 7 heteroatoms. The molecule has 3 aromatic heterocycles. The van der Waals surface area contributed by atoms with Crippen LogP contribution in [0.25, 0.3) is 16.6 Å². The monoisotopic (exact) mass is 296 g/mol. The van der Waals surface area contributed by atoms with Gasteiger partial charge < -0.3 is 5.32 Å². The highest BCUT2D eigenvalue weighted by Crippen LogP contribution is 2.20. The Hall–Kier alpha value is -2.73. The molecule has 0 fully saturated rings. The van der Waals surface area contributed by atoms with Crippen molar-refractivity contribution in [1.82, 2.24) is 24.8 Å². The molecule has 0 bridgehead atoms. The molecule has 102 valence electrons. The normalized spacial score (nSPS) is 11.1. The molecule has 1 aromatic carbocycles. The summed E-state index contributed by atoms with van der Waals surface area (Å²) in [5.41, 5.74) is 2.45. The van der Waals surface area contributed by atoms with Crippen molar-refractivity contribution < 1.29 is 0 Å². The summed E-state index contributed by atoms with van der Waals surface area (Å²) < 4.78 is 1.57. The average Bonchev–Trinajstić information content (AvgIpc) is 2.89. The third-order valence-corrected chi connectivity index (χ3v) is 3.29. The van der Waals surface area contributed by atoms with E-state index in [1.807, 2.05) is 30.3 Å². The van der Waals surface area contributed by atoms with Crippen LogP contribution >= 0.6 is 11.6 Å². The van der Waals surface area contributed by atoms with Crippen molar-refractivity contribution in [3.8, 4) is 0 Å². The zero-order valence-electron chi connectivity index (χ0n) is 10.7. The van der Waals surface area contributed by atoms with Gasteiger partial charge >= 0.3 is 0 Å². The molecule has 0 saturated heterocycles. The molecule has 4 rings (SSSR count). The maximum absolute atomic E-state index is 5.91. The van der Waals surface area contributed by atoms with Crippen LogP contribution in [0.15, 0.2) is 48.7 Å². The molecule has 0 amide bonds. The molecule has 6 nitrogen and oxygen atoms in total. The Bertz CT molecular complexity index is 948. The molecular formula is C14H9ClN6. The Balaban J connectivity index is 1.77. The van der Waals surface area contributed by atoms with Crippen LogP contribution in [0, 0.1) is 0 Å². The summed E-state index contributed by atoms with van der Waals surface area (Å²) in [5, 5.41) is 16.9. The van der Waals surface area contributed by atoms with Crippen molar-refractivity contribution in [1.29, 1.82) is 0 Å². The largest absolute Gasteiger partial charge is 0.323 e. The van der Waals surface area contributed by atoms with Crippen LogP contribution in [0.2, 0.25) is 5.15 Å². The molecule has 0 radical (unpaired) electrons. The topological polar surface area (TPSA) is 68.0 Å². The van der Waals surface area contributed by atoms with Crippen molar-refractivity contribution >= 4 is 39.8 Å². The summed E-state index contributed by atoms with van der Waals surface area (Å²) in [7, 11) is 0. The first-order valence-corrected chi connectivity index (χ1v) is 6.67. The van der Waals surface area contributed by atoms with Gasteiger partial charge in [-0.25, -0.2) is 0 Å². The van der Waals surface area contributed by atoms with Gasteiger partial charge in [-0.15, -0.1) is 10.2 Å². The van der Waals surface area contributed by atoms with Crippen molar-refractivity contribution in [2.24, 2.45) is 0 Å². The Morgan fingerprint density at radius 1 is 1.05 bits per heavy atom. The van der Waals surface area contributed by atoms with Crippen molar-refractivity contribution in [2.75, 3.05) is 5.32 Å². The summed E-state index contributed by atoms with van der Waals surface area (Å²) in [5.74, 6) is 0.510. The minimum Gasteiger partial charge on any atom is -0.323 e. The number of hydrogen-bond acceptors (Lipinski definition) is 5. The number of nitrogens with zero attached hydrogens (tertiary/aromatic N) is 5. The highest BCUT2D eigenvalue weighted by Gasteiger charge is 2.07. The van der Waals surface area contributed by atoms with Gasteiger partial charge in [0, 0.05) is 17.3 Å². The quantitative estimate of drug-likeness (QED) is 0.616. The van der Waals surface area contributed by atoms with E-state index in [1.165, 1.54) is 0 Å². The van der Waals surface area contributed by atoms with Crippen LogP contribution < -0.4 is 5.32 Å². The number of hydrogen-bond donors (Lipinski definition) is 1. The Morgan fingerprint density at radius 2 is 2.00 bits per heavy atom. The fraction of sp³-hybridized carbons (Fsp3) is 0. The number of benzene rings is 1. The van der Waals surface area contributed by atoms with E-state index in [0.717, 1.165) is 16.6 Å². The molecular weight excluding hydrogens is 288 g/mol. The second-order valence-electron chi connectivity index (χ2n) is 4.49. The number of rotatable bonds is 2. The summed E-state index contributed by atoms with van der Waals surface area (Å²) in [4.78, 5) is 4.29. The molecule has 0 saturated carbocycles. The first kappa shape index (κ1) is 12.0. The van der Waals surface area contributed by atoms with Gasteiger partial charge in [0.1, 0.15) is 5.15 Å². The Labute approximate surface area is 124 Å². The fourth-order valence-electron chi connectivity index (χ4n) is 2.13. The van der Waals surface area contributed by atoms with Crippen LogP contribution in [-0.2, 0) is 0 Å². The van der Waals surface area contributed by atoms with Crippen LogP contribution in [0.1, 0.15) is 0 Å². The SMILES string of the molecule is Clc1ccc2nnc(Nc3ccc4ncccc4c3)n2n1. The van der Waals surface area contributed by atoms with E-state index in [9.17, 15) is 0 Å². The number of aromatic nitrogens is 5. The number of halogens is 1. The van der Waals surface area contributed by atoms with Gasteiger partial charge in [0.25, 0.3) is 0 Å². The average molecular weight is 297 g/mol. The number of fused-ring (bicyclic) bond motifs is 2. The van der Waals surface area contributed by atoms with E-state index in [2.05, 4.69) is 25.6 Å². The van der Waals surface area contributed by atoms with Gasteiger partial charge in [0.2, 0.25) is 5.95 Å². The molecule has 0 spiro atoms. The lowest BCUT2D eigenvalue weighted by Gasteiger charge is -2.05. The summed E-state index contributed by atoms with van der Waals surface area (Å²) in [6.45, 7) is 0. The summed E-state index contributed by atoms with van der Waals surface area (Å²) >= 11 is 5.91. The second-order valence-corrected chi connectivity index (χ2v) is 4.87. The van der Waals surface area contributed by atoms with Gasteiger partial charge in [-0.1, -0.05) is 17.7 Å². The van der Waals surface area contributed by atoms with E-state index in [0.29, 0.717) is 16.7 Å². The Morgan fingerprint density at radius 3 is 2.95 bits per heavy atom. The first-order valence-electron chi connectivity index (χ1n) is 6.29. The summed E-state index contributed by atoms with van der Waals surface area (Å²) in [6.07, 6.45) is 1.77. The lowest BCUT2D eigenvalue weighted by atomic mass is 10.2. The fourth-order valence-corrected chi connectivity index (χ4v) is 2.27. The maximum Gasteiger partial charge on any atom is 0.250 e. The van der Waals surface area contributed by atoms with Gasteiger partial charge in [0.15, 0.2) is 5.65 Å². The predicted molar refractivity (Wildman–Crippen MR) is 80.8 cm³/mol. The zero-order valence-corrected chi connectivity index (χ0v) is 11.5. The van der Waals surface area contributed by atoms with E-state index < -0.39 is 0 Å². The first-order chi connectivity index (χ1) is 10.3. The lowest BCUT2D eigenvalue weighted by molar-refractivity contribution is 0.936. The number of pyridine rings is 1. The van der Waals surface area contributed by atoms with Crippen molar-refractivity contribution in [3.05, 3.63) is 53.8 Å². The minimum absolute atomic E-state index is 0.382. The molecule has 3 heterocycles. The highest BCUT2D eigenvalue weighted by atomic mass is 35.5. The number of anilines is 2. The molecule has 21 heavy (non-hydrogen) atoms. The van der Waals surface area contributed by atoms with Crippen LogP contribution in [0.3, 0.4) is 0 Å². The van der Waals surface area contributed by atoms with E-state index >= 15 is 0 Å². The maximum atomic E-state index is 5.91. The second kappa shape index (κ2) is 4.68. The minimum atomic E-state index is 0.382. The lowest BCUT2D eigenvalue weighted by Crippen LogP contribution is -1.99. The molecule has 0 aliphatic carbocycles. The smallest absolute Gasteiger partial charge is 0.250 e. The van der Waals surface area contributed by atoms with Gasteiger partial charge in [-0.05, 0) is 36.4 Å². The van der Waals surface area contributed by atoms with Crippen LogP contribution in [-0.4, -0.2) is 24.8 Å². The standard InChI is InChI=1S/C14H9ClN6/c15-12-5-6-13-18-19-14(21(13)20-12)17-10-3-4-11-9(8-10)2-1-7-16-11/h1-8H,(H,17,19). The molecule has 0 aliphatic heterocycles. The van der Waals surface area contributed by atoms with Crippen molar-refractivity contribution in [3.63, 3.8) is 0 Å². The highest BCUT2D eigenvalue weighted by molar-refractivity contribution is 6.29. The predicted octanol–water partition coefficient (Wildman–Crippen LogP) is 3.07. The molecule has 0 atom stereocenters. The number of nitrogens with one attached hydrogen (secondary N) is 1. The third-order valence-electron chi connectivity index (χ3n) is 3.09. The molecule has 0 aliphatic rings. The van der Waals surface area contributed by atoms with Crippen molar-refractivity contribution in [2.45, 2.75) is 0 Å². The zero-order chi connectivity index (χ0) is 14.2. The van der Waals surface area contributed by atoms with E-state index in [4.69, 9.17) is 11.6 Å². The molecule has 0 unspecified atom stereocenters. The van der Waals surface area contributed by atoms with Gasteiger partial charge in [0.05, 0.1) is 5.52 Å². The Kier molecular flexibility index (Phi) is 2.68. The van der Waals surface area contributed by atoms with Crippen LogP contribution in [0.4, 0.5) is 11.6 Å². The van der Waals surface area contributed by atoms with Crippen LogP contribution in [0.5, 0.6) is 0 Å². The summed E-state index contributed by atoms with van der Waals surface area (Å²) in [6, 6.07) is 13.2. The molecule has 1 N–H and O–H groups in total. The third kappa shape index (κ3) is 2.15. The van der Waals surface area contributed by atoms with E-state index in [1.54, 1.807) is 22.8 Å². The molecule has 4 aromatic rings. The van der Waals surface area contributed by atoms with Gasteiger partial charge in [-0.2, -0.15) is 9.61 Å². The van der Waals surface area contributed by atoms with Gasteiger partial charge in [-0.3, -0.25) is 4.98 Å². The van der Waals surface area contributed by atoms with E-state index in [-0.39, 0.29) is 0 Å².